The molecule has 0 atom stereocenters. The van der Waals surface area contributed by atoms with Crippen LogP contribution in [0.1, 0.15) is 42.7 Å². The fourth-order valence-electron chi connectivity index (χ4n) is 2.31. The van der Waals surface area contributed by atoms with Crippen LogP contribution in [0, 0.1) is 13.8 Å². The smallest absolute Gasteiger partial charge is 0.217 e. The Bertz CT molecular complexity index is 585. The maximum Gasteiger partial charge on any atom is 0.217 e. The summed E-state index contributed by atoms with van der Waals surface area (Å²) >= 11 is 0. The highest BCUT2D eigenvalue weighted by Crippen LogP contribution is 2.27. The minimum absolute atomic E-state index is 0.293. The molecular formula is C16H22N2O. The van der Waals surface area contributed by atoms with Crippen molar-refractivity contribution < 1.29 is 5.11 Å². The topological polar surface area (TPSA) is 38.0 Å². The zero-order chi connectivity index (χ0) is 14.0. The van der Waals surface area contributed by atoms with Gasteiger partial charge in [0.15, 0.2) is 0 Å². The highest BCUT2D eigenvalue weighted by molar-refractivity contribution is 5.44. The van der Waals surface area contributed by atoms with Crippen molar-refractivity contribution in [3.05, 3.63) is 40.6 Å². The van der Waals surface area contributed by atoms with E-state index in [1.807, 2.05) is 6.07 Å². The van der Waals surface area contributed by atoms with Crippen LogP contribution in [-0.4, -0.2) is 14.9 Å². The summed E-state index contributed by atoms with van der Waals surface area (Å²) < 4.78 is 1.66. The maximum absolute atomic E-state index is 10.4. The van der Waals surface area contributed by atoms with Crippen molar-refractivity contribution >= 4 is 0 Å². The van der Waals surface area contributed by atoms with Gasteiger partial charge in [0.05, 0.1) is 11.4 Å². The second-order valence-electron chi connectivity index (χ2n) is 5.03. The van der Waals surface area contributed by atoms with Gasteiger partial charge in [-0.2, -0.15) is 5.10 Å². The Morgan fingerprint density at radius 1 is 1.16 bits per heavy atom. The van der Waals surface area contributed by atoms with Crippen LogP contribution in [0.15, 0.2) is 18.2 Å². The van der Waals surface area contributed by atoms with Gasteiger partial charge < -0.3 is 5.11 Å². The highest BCUT2D eigenvalue weighted by Gasteiger charge is 2.16. The highest BCUT2D eigenvalue weighted by atomic mass is 16.3. The van der Waals surface area contributed by atoms with Gasteiger partial charge in [-0.1, -0.05) is 26.3 Å². The van der Waals surface area contributed by atoms with E-state index in [-0.39, 0.29) is 0 Å². The molecule has 0 radical (unpaired) electrons. The number of rotatable bonds is 4. The minimum atomic E-state index is 0.293. The molecule has 0 amide bonds. The lowest BCUT2D eigenvalue weighted by molar-refractivity contribution is 0.427. The molecule has 0 fully saturated rings. The fraction of sp³-hybridized carbons (Fsp3) is 0.438. The third-order valence-electron chi connectivity index (χ3n) is 3.61. The monoisotopic (exact) mass is 258 g/mol. The quantitative estimate of drug-likeness (QED) is 0.907. The molecule has 1 aromatic carbocycles. The lowest BCUT2D eigenvalue weighted by atomic mass is 10.1. The molecule has 0 saturated heterocycles. The molecule has 2 rings (SSSR count). The van der Waals surface area contributed by atoms with Gasteiger partial charge in [0.25, 0.3) is 0 Å². The largest absolute Gasteiger partial charge is 0.493 e. The SMILES string of the molecule is CCCc1c(CC)nn(-c2ccc(C)c(C)c2)c1O. The van der Waals surface area contributed by atoms with Crippen LogP contribution in [0.3, 0.4) is 0 Å². The van der Waals surface area contributed by atoms with Crippen LogP contribution < -0.4 is 0 Å². The molecule has 3 nitrogen and oxygen atoms in total. The molecule has 102 valence electrons. The van der Waals surface area contributed by atoms with E-state index >= 15 is 0 Å². The third-order valence-corrected chi connectivity index (χ3v) is 3.61. The molecule has 2 aromatic rings. The number of aromatic nitrogens is 2. The molecule has 19 heavy (non-hydrogen) atoms. The Hall–Kier alpha value is -1.77. The van der Waals surface area contributed by atoms with Crippen LogP contribution in [0.25, 0.3) is 5.69 Å². The zero-order valence-corrected chi connectivity index (χ0v) is 12.2. The van der Waals surface area contributed by atoms with E-state index in [1.165, 1.54) is 11.1 Å². The van der Waals surface area contributed by atoms with Gasteiger partial charge in [-0.3, -0.25) is 0 Å². The standard InChI is InChI=1S/C16H22N2O/c1-5-7-14-15(6-2)17-18(16(14)19)13-9-8-11(3)12(4)10-13/h8-10,19H,5-7H2,1-4H3. The average Bonchev–Trinajstić information content (AvgIpc) is 2.71. The first-order valence-electron chi connectivity index (χ1n) is 6.95. The molecule has 0 aliphatic heterocycles. The minimum Gasteiger partial charge on any atom is -0.493 e. The van der Waals surface area contributed by atoms with E-state index in [0.717, 1.165) is 36.2 Å². The van der Waals surface area contributed by atoms with Gasteiger partial charge in [0.2, 0.25) is 5.88 Å². The second kappa shape index (κ2) is 5.47. The molecule has 0 bridgehead atoms. The number of aromatic hydroxyl groups is 1. The number of hydrogen-bond acceptors (Lipinski definition) is 2. The van der Waals surface area contributed by atoms with E-state index in [1.54, 1.807) is 4.68 Å². The molecule has 1 N–H and O–H groups in total. The van der Waals surface area contributed by atoms with E-state index in [9.17, 15) is 5.11 Å². The number of aryl methyl sites for hydroxylation is 3. The summed E-state index contributed by atoms with van der Waals surface area (Å²) in [6.45, 7) is 8.35. The predicted octanol–water partition coefficient (Wildman–Crippen LogP) is 3.71. The zero-order valence-electron chi connectivity index (χ0n) is 12.2. The van der Waals surface area contributed by atoms with E-state index in [4.69, 9.17) is 0 Å². The predicted molar refractivity (Wildman–Crippen MR) is 78.1 cm³/mol. The van der Waals surface area contributed by atoms with Crippen molar-refractivity contribution in [3.63, 3.8) is 0 Å². The number of benzene rings is 1. The van der Waals surface area contributed by atoms with E-state index < -0.39 is 0 Å². The molecule has 0 saturated carbocycles. The molecule has 1 aromatic heterocycles. The van der Waals surface area contributed by atoms with Crippen LogP contribution in [0.5, 0.6) is 5.88 Å². The maximum atomic E-state index is 10.4. The normalized spacial score (nSPS) is 10.9. The molecule has 0 unspecified atom stereocenters. The number of nitrogens with zero attached hydrogens (tertiary/aromatic N) is 2. The first-order chi connectivity index (χ1) is 9.08. The van der Waals surface area contributed by atoms with Gasteiger partial charge in [-0.15, -0.1) is 0 Å². The van der Waals surface area contributed by atoms with Crippen molar-refractivity contribution in [2.75, 3.05) is 0 Å². The summed E-state index contributed by atoms with van der Waals surface area (Å²) in [6, 6.07) is 6.14. The Kier molecular flexibility index (Phi) is 3.93. The Labute approximate surface area is 114 Å². The summed E-state index contributed by atoms with van der Waals surface area (Å²) in [7, 11) is 0. The van der Waals surface area contributed by atoms with E-state index in [2.05, 4.69) is 44.9 Å². The lowest BCUT2D eigenvalue weighted by Crippen LogP contribution is -1.98. The number of hydrogen-bond donors (Lipinski definition) is 1. The van der Waals surface area contributed by atoms with Crippen molar-refractivity contribution in [1.29, 1.82) is 0 Å². The van der Waals surface area contributed by atoms with Crippen LogP contribution in [-0.2, 0) is 12.8 Å². The van der Waals surface area contributed by atoms with Crippen molar-refractivity contribution in [2.45, 2.75) is 47.0 Å². The molecule has 1 heterocycles. The summed E-state index contributed by atoms with van der Waals surface area (Å²) in [5.41, 5.74) is 5.38. The van der Waals surface area contributed by atoms with Crippen LogP contribution in [0.2, 0.25) is 0 Å². The second-order valence-corrected chi connectivity index (χ2v) is 5.03. The molecule has 0 spiro atoms. The summed E-state index contributed by atoms with van der Waals surface area (Å²) in [4.78, 5) is 0. The van der Waals surface area contributed by atoms with Gasteiger partial charge in [-0.25, -0.2) is 4.68 Å². The molecule has 3 heteroatoms. The Morgan fingerprint density at radius 2 is 1.89 bits per heavy atom. The third kappa shape index (κ3) is 2.50. The van der Waals surface area contributed by atoms with Gasteiger partial charge in [0.1, 0.15) is 0 Å². The van der Waals surface area contributed by atoms with Crippen molar-refractivity contribution in [1.82, 2.24) is 9.78 Å². The summed E-state index contributed by atoms with van der Waals surface area (Å²) in [5.74, 6) is 0.293. The van der Waals surface area contributed by atoms with Gasteiger partial charge in [-0.05, 0) is 49.9 Å². The van der Waals surface area contributed by atoms with E-state index in [0.29, 0.717) is 5.88 Å². The Balaban J connectivity index is 2.52. The first kappa shape index (κ1) is 13.7. The molecular weight excluding hydrogens is 236 g/mol. The molecule has 0 aliphatic carbocycles. The average molecular weight is 258 g/mol. The summed E-state index contributed by atoms with van der Waals surface area (Å²) in [5, 5.41) is 14.9. The van der Waals surface area contributed by atoms with Gasteiger partial charge >= 0.3 is 0 Å². The fourth-order valence-corrected chi connectivity index (χ4v) is 2.31. The van der Waals surface area contributed by atoms with Crippen LogP contribution >= 0.6 is 0 Å². The summed E-state index contributed by atoms with van der Waals surface area (Å²) in [6.07, 6.45) is 2.74. The van der Waals surface area contributed by atoms with Crippen molar-refractivity contribution in [3.8, 4) is 11.6 Å². The van der Waals surface area contributed by atoms with Gasteiger partial charge in [0, 0.05) is 5.56 Å². The molecule has 0 aliphatic rings. The lowest BCUT2D eigenvalue weighted by Gasteiger charge is -2.06. The Morgan fingerprint density at radius 3 is 2.47 bits per heavy atom. The van der Waals surface area contributed by atoms with Crippen LogP contribution in [0.4, 0.5) is 0 Å². The first-order valence-corrected chi connectivity index (χ1v) is 6.95. The van der Waals surface area contributed by atoms with Crippen molar-refractivity contribution in [2.24, 2.45) is 0 Å².